The van der Waals surface area contributed by atoms with Gasteiger partial charge in [-0.15, -0.1) is 0 Å². The van der Waals surface area contributed by atoms with E-state index in [1.807, 2.05) is 0 Å². The molecule has 390 valence electrons. The van der Waals surface area contributed by atoms with E-state index in [0.717, 1.165) is 38.5 Å². The Morgan fingerprint density at radius 2 is 0.636 bits per heavy atom. The molecule has 0 aromatic heterocycles. The van der Waals surface area contributed by atoms with Gasteiger partial charge in [0.15, 0.2) is 6.10 Å². The van der Waals surface area contributed by atoms with Crippen molar-refractivity contribution >= 4 is 11.9 Å². The summed E-state index contributed by atoms with van der Waals surface area (Å²) in [5.74, 6) is -0.379. The van der Waals surface area contributed by atoms with Gasteiger partial charge in [0.1, 0.15) is 6.61 Å². The van der Waals surface area contributed by atoms with Crippen molar-refractivity contribution in [3.05, 3.63) is 24.3 Å². The number of hydrogen-bond acceptors (Lipinski definition) is 5. The summed E-state index contributed by atoms with van der Waals surface area (Å²) < 4.78 is 17.5. The highest BCUT2D eigenvalue weighted by Crippen LogP contribution is 2.17. The molecule has 66 heavy (non-hydrogen) atoms. The van der Waals surface area contributed by atoms with Gasteiger partial charge < -0.3 is 14.2 Å². The molecular formula is C61H116O5. The van der Waals surface area contributed by atoms with Crippen LogP contribution in [0.25, 0.3) is 0 Å². The van der Waals surface area contributed by atoms with Gasteiger partial charge in [0.05, 0.1) is 6.61 Å². The van der Waals surface area contributed by atoms with Crippen LogP contribution >= 0.6 is 0 Å². The molecule has 0 rings (SSSR count). The molecule has 5 heteroatoms. The third-order valence-electron chi connectivity index (χ3n) is 13.5. The van der Waals surface area contributed by atoms with Gasteiger partial charge in [0, 0.05) is 19.4 Å². The second kappa shape index (κ2) is 57.7. The Hall–Kier alpha value is -1.62. The maximum atomic E-state index is 12.8. The van der Waals surface area contributed by atoms with E-state index in [9.17, 15) is 9.59 Å². The van der Waals surface area contributed by atoms with Gasteiger partial charge in [-0.2, -0.15) is 0 Å². The zero-order valence-corrected chi connectivity index (χ0v) is 45.0. The Kier molecular flexibility index (Phi) is 56.3. The molecule has 1 atom stereocenters. The molecule has 0 aliphatic carbocycles. The van der Waals surface area contributed by atoms with Crippen molar-refractivity contribution in [2.24, 2.45) is 0 Å². The summed E-state index contributed by atoms with van der Waals surface area (Å²) in [5.41, 5.74) is 0. The third kappa shape index (κ3) is 55.0. The van der Waals surface area contributed by atoms with Crippen LogP contribution in [-0.2, 0) is 23.8 Å². The van der Waals surface area contributed by atoms with Crippen LogP contribution in [0.4, 0.5) is 0 Å². The summed E-state index contributed by atoms with van der Waals surface area (Å²) in [7, 11) is 0. The normalized spacial score (nSPS) is 12.2. The molecule has 0 saturated carbocycles. The van der Waals surface area contributed by atoms with Gasteiger partial charge in [-0.05, 0) is 51.4 Å². The molecule has 0 aromatic carbocycles. The summed E-state index contributed by atoms with van der Waals surface area (Å²) in [6.07, 6.45) is 69.2. The van der Waals surface area contributed by atoms with Gasteiger partial charge in [-0.3, -0.25) is 9.59 Å². The van der Waals surface area contributed by atoms with Gasteiger partial charge in [0.2, 0.25) is 0 Å². The highest BCUT2D eigenvalue weighted by molar-refractivity contribution is 5.70. The molecule has 5 nitrogen and oxygen atoms in total. The van der Waals surface area contributed by atoms with E-state index in [4.69, 9.17) is 14.2 Å². The summed E-state index contributed by atoms with van der Waals surface area (Å²) in [6.45, 7) is 7.87. The van der Waals surface area contributed by atoms with Crippen molar-refractivity contribution in [1.82, 2.24) is 0 Å². The van der Waals surface area contributed by atoms with Crippen LogP contribution in [0.2, 0.25) is 0 Å². The number of hydrogen-bond donors (Lipinski definition) is 0. The highest BCUT2D eigenvalue weighted by atomic mass is 16.6. The van der Waals surface area contributed by atoms with E-state index in [0.29, 0.717) is 26.1 Å². The van der Waals surface area contributed by atoms with E-state index in [1.54, 1.807) is 0 Å². The zero-order chi connectivity index (χ0) is 47.7. The minimum atomic E-state index is -0.530. The minimum Gasteiger partial charge on any atom is -0.462 e. The number of carbonyl (C=O) groups is 2. The predicted molar refractivity (Wildman–Crippen MR) is 289 cm³/mol. The zero-order valence-electron chi connectivity index (χ0n) is 45.0. The maximum absolute atomic E-state index is 12.8. The Bertz CT molecular complexity index is 1010. The monoisotopic (exact) mass is 929 g/mol. The quantitative estimate of drug-likeness (QED) is 0.0345. The van der Waals surface area contributed by atoms with Crippen LogP contribution in [-0.4, -0.2) is 37.9 Å². The predicted octanol–water partition coefficient (Wildman–Crippen LogP) is 20.4. The first-order valence-corrected chi connectivity index (χ1v) is 29.9. The standard InChI is InChI=1S/C61H116O5/c1-4-7-10-13-16-19-22-24-26-28-30-32-34-36-38-41-44-47-50-53-56-64-57-59(66-61(63)55-52-49-46-43-39-21-18-15-12-9-6-3)58-65-60(62)54-51-48-45-42-40-37-35-33-31-29-27-25-23-20-17-14-11-8-5-2/h17,20,25,27,59H,4-16,18-19,21-24,26,28-58H2,1-3H3/b20-17-,27-25-. The molecule has 0 radical (unpaired) electrons. The Labute approximate surface area is 413 Å². The average Bonchev–Trinajstić information content (AvgIpc) is 3.32. The SMILES string of the molecule is CCCCC/C=C\C/C=C\CCCCCCCCCCCC(=O)OCC(COCCCCCCCCCCCCCCCCCCCCCC)OC(=O)CCCCCCCCCCCCC. The van der Waals surface area contributed by atoms with Crippen molar-refractivity contribution in [2.45, 2.75) is 335 Å². The summed E-state index contributed by atoms with van der Waals surface area (Å²) >= 11 is 0. The lowest BCUT2D eigenvalue weighted by molar-refractivity contribution is -0.163. The third-order valence-corrected chi connectivity index (χ3v) is 13.5. The number of allylic oxidation sites excluding steroid dienone is 4. The smallest absolute Gasteiger partial charge is 0.306 e. The van der Waals surface area contributed by atoms with Crippen LogP contribution in [0, 0.1) is 0 Å². The second-order valence-corrected chi connectivity index (χ2v) is 20.3. The number of esters is 2. The first-order chi connectivity index (χ1) is 32.6. The van der Waals surface area contributed by atoms with Gasteiger partial charge >= 0.3 is 11.9 Å². The fraction of sp³-hybridized carbons (Fsp3) is 0.902. The first-order valence-electron chi connectivity index (χ1n) is 29.9. The molecule has 0 N–H and O–H groups in total. The largest absolute Gasteiger partial charge is 0.462 e. The van der Waals surface area contributed by atoms with Crippen molar-refractivity contribution in [1.29, 1.82) is 0 Å². The van der Waals surface area contributed by atoms with E-state index in [2.05, 4.69) is 45.1 Å². The second-order valence-electron chi connectivity index (χ2n) is 20.3. The molecular weight excluding hydrogens is 813 g/mol. The molecule has 0 aliphatic rings. The van der Waals surface area contributed by atoms with Crippen molar-refractivity contribution in [2.75, 3.05) is 19.8 Å². The molecule has 1 unspecified atom stereocenters. The lowest BCUT2D eigenvalue weighted by Crippen LogP contribution is -2.30. The number of rotatable bonds is 56. The van der Waals surface area contributed by atoms with E-state index in [-0.39, 0.29) is 18.5 Å². The van der Waals surface area contributed by atoms with E-state index >= 15 is 0 Å². The summed E-state index contributed by atoms with van der Waals surface area (Å²) in [6, 6.07) is 0. The van der Waals surface area contributed by atoms with Gasteiger partial charge in [-0.1, -0.05) is 289 Å². The van der Waals surface area contributed by atoms with Gasteiger partial charge in [0.25, 0.3) is 0 Å². The number of carbonyl (C=O) groups excluding carboxylic acids is 2. The number of ether oxygens (including phenoxy) is 3. The highest BCUT2D eigenvalue weighted by Gasteiger charge is 2.17. The molecule has 0 aliphatic heterocycles. The fourth-order valence-corrected chi connectivity index (χ4v) is 9.01. The molecule has 0 heterocycles. The van der Waals surface area contributed by atoms with Crippen LogP contribution < -0.4 is 0 Å². The van der Waals surface area contributed by atoms with Gasteiger partial charge in [-0.25, -0.2) is 0 Å². The average molecular weight is 930 g/mol. The Morgan fingerprint density at radius 3 is 1.03 bits per heavy atom. The lowest BCUT2D eigenvalue weighted by Gasteiger charge is -2.18. The van der Waals surface area contributed by atoms with Crippen molar-refractivity contribution < 1.29 is 23.8 Å². The topological polar surface area (TPSA) is 61.8 Å². The van der Waals surface area contributed by atoms with Crippen LogP contribution in [0.1, 0.15) is 329 Å². The molecule has 0 amide bonds. The lowest BCUT2D eigenvalue weighted by atomic mass is 10.0. The Balaban J connectivity index is 4.14. The van der Waals surface area contributed by atoms with Crippen molar-refractivity contribution in [3.63, 3.8) is 0 Å². The minimum absolute atomic E-state index is 0.0913. The van der Waals surface area contributed by atoms with Crippen molar-refractivity contribution in [3.8, 4) is 0 Å². The number of unbranched alkanes of at least 4 members (excludes halogenated alkanes) is 41. The van der Waals surface area contributed by atoms with E-state index < -0.39 is 6.10 Å². The van der Waals surface area contributed by atoms with Crippen LogP contribution in [0.3, 0.4) is 0 Å². The molecule has 0 saturated heterocycles. The first kappa shape index (κ1) is 64.4. The van der Waals surface area contributed by atoms with Crippen LogP contribution in [0.15, 0.2) is 24.3 Å². The maximum Gasteiger partial charge on any atom is 0.306 e. The molecule has 0 bridgehead atoms. The summed E-state index contributed by atoms with van der Waals surface area (Å²) in [5, 5.41) is 0. The molecule has 0 spiro atoms. The summed E-state index contributed by atoms with van der Waals surface area (Å²) in [4.78, 5) is 25.5. The Morgan fingerprint density at radius 1 is 0.333 bits per heavy atom. The fourth-order valence-electron chi connectivity index (χ4n) is 9.01. The molecule has 0 fully saturated rings. The van der Waals surface area contributed by atoms with E-state index in [1.165, 1.54) is 257 Å². The van der Waals surface area contributed by atoms with Crippen LogP contribution in [0.5, 0.6) is 0 Å². The molecule has 0 aromatic rings.